The lowest BCUT2D eigenvalue weighted by molar-refractivity contribution is 0.607. The van der Waals surface area contributed by atoms with Gasteiger partial charge < -0.3 is 14.7 Å². The van der Waals surface area contributed by atoms with Crippen molar-refractivity contribution in [1.29, 1.82) is 0 Å². The van der Waals surface area contributed by atoms with Crippen LogP contribution in [0, 0.1) is 0 Å². The fraction of sp³-hybridized carbons (Fsp3) is 0.286. The van der Waals surface area contributed by atoms with Gasteiger partial charge in [-0.25, -0.2) is 0 Å². The average molecular weight is 596 g/mol. The maximum absolute atomic E-state index is 2.55. The number of para-hydroxylation sites is 1. The van der Waals surface area contributed by atoms with Crippen LogP contribution in [-0.4, -0.2) is 24.2 Å². The lowest BCUT2D eigenvalue weighted by Gasteiger charge is -2.40. The van der Waals surface area contributed by atoms with Crippen LogP contribution in [0.2, 0.25) is 0 Å². The molecule has 0 aliphatic rings. The van der Waals surface area contributed by atoms with E-state index >= 15 is 0 Å². The van der Waals surface area contributed by atoms with E-state index in [0.29, 0.717) is 24.2 Å². The molecule has 0 spiro atoms. The van der Waals surface area contributed by atoms with Gasteiger partial charge in [-0.3, -0.25) is 0 Å². The number of anilines is 5. The molecule has 5 aromatic rings. The molecule has 0 saturated heterocycles. The van der Waals surface area contributed by atoms with Crippen LogP contribution < -0.4 is 14.7 Å². The number of benzene rings is 5. The van der Waals surface area contributed by atoms with E-state index in [2.05, 4.69) is 197 Å². The summed E-state index contributed by atoms with van der Waals surface area (Å²) in [6, 6.07) is 47.6. The lowest BCUT2D eigenvalue weighted by Crippen LogP contribution is -2.39. The first-order valence-corrected chi connectivity index (χ1v) is 16.5. The van der Waals surface area contributed by atoms with Crippen molar-refractivity contribution in [2.45, 2.75) is 79.6 Å². The second-order valence-corrected chi connectivity index (χ2v) is 13.0. The van der Waals surface area contributed by atoms with Crippen molar-refractivity contribution in [1.82, 2.24) is 0 Å². The van der Waals surface area contributed by atoms with Crippen molar-refractivity contribution in [3.63, 3.8) is 0 Å². The number of hydrogen-bond donors (Lipinski definition) is 0. The second-order valence-electron chi connectivity index (χ2n) is 13.0. The van der Waals surface area contributed by atoms with E-state index in [4.69, 9.17) is 0 Å². The molecule has 0 aliphatic heterocycles. The van der Waals surface area contributed by atoms with Gasteiger partial charge in [-0.2, -0.15) is 0 Å². The van der Waals surface area contributed by atoms with E-state index in [0.717, 1.165) is 5.69 Å². The summed E-state index contributed by atoms with van der Waals surface area (Å²) in [5, 5.41) is 0. The molecule has 45 heavy (non-hydrogen) atoms. The number of rotatable bonds is 11. The molecule has 0 radical (unpaired) electrons. The van der Waals surface area contributed by atoms with Gasteiger partial charge in [0.15, 0.2) is 0 Å². The van der Waals surface area contributed by atoms with Gasteiger partial charge in [-0.05, 0) is 114 Å². The molecule has 5 rings (SSSR count). The Kier molecular flexibility index (Phi) is 9.98. The molecule has 0 heterocycles. The largest absolute Gasteiger partial charge is 0.365 e. The average Bonchev–Trinajstić information content (AvgIpc) is 3.03. The summed E-state index contributed by atoms with van der Waals surface area (Å²) in [4.78, 5) is 7.58. The molecular weight excluding hydrogens is 546 g/mol. The zero-order valence-electron chi connectivity index (χ0n) is 28.3. The van der Waals surface area contributed by atoms with Gasteiger partial charge >= 0.3 is 0 Å². The van der Waals surface area contributed by atoms with Crippen LogP contribution in [0.1, 0.15) is 55.4 Å². The monoisotopic (exact) mass is 595 g/mol. The molecule has 0 N–H and O–H groups in total. The summed E-state index contributed by atoms with van der Waals surface area (Å²) in [6.45, 7) is 18.4. The van der Waals surface area contributed by atoms with Crippen LogP contribution in [0.4, 0.5) is 28.4 Å². The summed E-state index contributed by atoms with van der Waals surface area (Å²) in [6.07, 6.45) is 0. The molecule has 232 valence electrons. The summed E-state index contributed by atoms with van der Waals surface area (Å²) in [5.74, 6) is 0. The van der Waals surface area contributed by atoms with Gasteiger partial charge in [0.1, 0.15) is 0 Å². The topological polar surface area (TPSA) is 9.72 Å². The molecule has 0 fully saturated rings. The standard InChI is InChI=1S/C42H49N3/c1-30(2)43(31(3)4)41-28-36(34-18-12-9-13-19-34)24-26-39(41)45(38-22-16-11-17-23-38)40-27-25-37(35-20-14-10-15-21-35)29-42(40)44(32(5)6)33(7)8/h9-33H,1-8H3. The first-order chi connectivity index (χ1) is 21.7. The van der Waals surface area contributed by atoms with E-state index in [-0.39, 0.29) is 0 Å². The molecule has 0 aliphatic carbocycles. The fourth-order valence-corrected chi connectivity index (χ4v) is 6.75. The van der Waals surface area contributed by atoms with Crippen LogP contribution >= 0.6 is 0 Å². The minimum absolute atomic E-state index is 0.315. The molecule has 0 unspecified atom stereocenters. The smallest absolute Gasteiger partial charge is 0.0696 e. The van der Waals surface area contributed by atoms with Crippen molar-refractivity contribution in [3.05, 3.63) is 127 Å². The van der Waals surface area contributed by atoms with Crippen molar-refractivity contribution >= 4 is 28.4 Å². The Balaban J connectivity index is 1.83. The highest BCUT2D eigenvalue weighted by Crippen LogP contribution is 2.48. The van der Waals surface area contributed by atoms with E-state index < -0.39 is 0 Å². The fourth-order valence-electron chi connectivity index (χ4n) is 6.75. The van der Waals surface area contributed by atoms with Crippen LogP contribution in [-0.2, 0) is 0 Å². The van der Waals surface area contributed by atoms with Gasteiger partial charge in [-0.15, -0.1) is 0 Å². The molecule has 3 nitrogen and oxygen atoms in total. The highest BCUT2D eigenvalue weighted by Gasteiger charge is 2.28. The van der Waals surface area contributed by atoms with Gasteiger partial charge in [0, 0.05) is 29.9 Å². The predicted octanol–water partition coefficient (Wildman–Crippen LogP) is 11.7. The van der Waals surface area contributed by atoms with Gasteiger partial charge in [-0.1, -0.05) is 91.0 Å². The van der Waals surface area contributed by atoms with E-state index in [1.165, 1.54) is 45.0 Å². The Bertz CT molecular complexity index is 1530. The molecular formula is C42H49N3. The molecule has 0 saturated carbocycles. The Morgan fingerprint density at radius 2 is 0.667 bits per heavy atom. The minimum Gasteiger partial charge on any atom is -0.365 e. The van der Waals surface area contributed by atoms with Crippen LogP contribution in [0.15, 0.2) is 127 Å². The molecule has 0 amide bonds. The number of hydrogen-bond acceptors (Lipinski definition) is 3. The number of nitrogens with zero attached hydrogens (tertiary/aromatic N) is 3. The zero-order valence-corrected chi connectivity index (χ0v) is 28.3. The highest BCUT2D eigenvalue weighted by atomic mass is 15.3. The van der Waals surface area contributed by atoms with Crippen molar-refractivity contribution in [3.8, 4) is 22.3 Å². The van der Waals surface area contributed by atoms with Crippen LogP contribution in [0.3, 0.4) is 0 Å². The first-order valence-electron chi connectivity index (χ1n) is 16.5. The summed E-state index contributed by atoms with van der Waals surface area (Å²) < 4.78 is 0. The predicted molar refractivity (Wildman–Crippen MR) is 197 cm³/mol. The van der Waals surface area contributed by atoms with Gasteiger partial charge in [0.05, 0.1) is 22.7 Å². The molecule has 0 bridgehead atoms. The van der Waals surface area contributed by atoms with Gasteiger partial charge in [0.2, 0.25) is 0 Å². The molecule has 0 aromatic heterocycles. The quantitative estimate of drug-likeness (QED) is 0.150. The molecule has 0 atom stereocenters. The minimum atomic E-state index is 0.315. The van der Waals surface area contributed by atoms with E-state index in [1.54, 1.807) is 0 Å². The van der Waals surface area contributed by atoms with Crippen molar-refractivity contribution in [2.75, 3.05) is 14.7 Å². The van der Waals surface area contributed by atoms with E-state index in [1.807, 2.05) is 0 Å². The van der Waals surface area contributed by atoms with Crippen LogP contribution in [0.25, 0.3) is 22.3 Å². The third kappa shape index (κ3) is 6.93. The third-order valence-electron chi connectivity index (χ3n) is 8.44. The molecule has 5 aromatic carbocycles. The summed E-state index contributed by atoms with van der Waals surface area (Å²) >= 11 is 0. The summed E-state index contributed by atoms with van der Waals surface area (Å²) in [7, 11) is 0. The van der Waals surface area contributed by atoms with Crippen molar-refractivity contribution in [2.24, 2.45) is 0 Å². The van der Waals surface area contributed by atoms with Gasteiger partial charge in [0.25, 0.3) is 0 Å². The Hall–Kier alpha value is -4.50. The Morgan fingerprint density at radius 3 is 1.00 bits per heavy atom. The first kappa shape index (κ1) is 31.9. The maximum Gasteiger partial charge on any atom is 0.0696 e. The van der Waals surface area contributed by atoms with Crippen LogP contribution in [0.5, 0.6) is 0 Å². The SMILES string of the molecule is CC(C)N(c1cc(-c2ccccc2)ccc1N(c1ccccc1)c1ccc(-c2ccccc2)cc1N(C(C)C)C(C)C)C(C)C. The zero-order chi connectivity index (χ0) is 32.1. The van der Waals surface area contributed by atoms with Crippen molar-refractivity contribution < 1.29 is 0 Å². The second kappa shape index (κ2) is 14.1. The Labute approximate surface area is 271 Å². The lowest BCUT2D eigenvalue weighted by atomic mass is 9.99. The highest BCUT2D eigenvalue weighted by molar-refractivity contribution is 5.93. The summed E-state index contributed by atoms with van der Waals surface area (Å²) in [5.41, 5.74) is 10.8. The normalized spacial score (nSPS) is 11.5. The molecule has 3 heteroatoms. The Morgan fingerprint density at radius 1 is 0.333 bits per heavy atom. The third-order valence-corrected chi connectivity index (χ3v) is 8.44. The maximum atomic E-state index is 2.55. The van der Waals surface area contributed by atoms with E-state index in [9.17, 15) is 0 Å².